The quantitative estimate of drug-likeness (QED) is 0.820. The number of nitrogens with two attached hydrogens (primary N) is 1. The van der Waals surface area contributed by atoms with Gasteiger partial charge >= 0.3 is 0 Å². The largest absolute Gasteiger partial charge is 0.369 e. The predicted molar refractivity (Wildman–Crippen MR) is 64.5 cm³/mol. The maximum absolute atomic E-state index is 6.18. The number of pyridine rings is 1. The molecule has 16 heavy (non-hydrogen) atoms. The van der Waals surface area contributed by atoms with Gasteiger partial charge in [-0.3, -0.25) is 4.40 Å². The summed E-state index contributed by atoms with van der Waals surface area (Å²) in [5.41, 5.74) is 7.15. The van der Waals surface area contributed by atoms with Gasteiger partial charge in [0.2, 0.25) is 0 Å². The first-order valence-corrected chi connectivity index (χ1v) is 5.72. The first kappa shape index (κ1) is 9.66. The summed E-state index contributed by atoms with van der Waals surface area (Å²) in [4.78, 5) is 4.25. The van der Waals surface area contributed by atoms with Crippen LogP contribution in [0.3, 0.4) is 0 Å². The zero-order chi connectivity index (χ0) is 11.0. The van der Waals surface area contributed by atoms with Crippen LogP contribution in [-0.2, 0) is 0 Å². The molecule has 3 N–H and O–H groups in total. The summed E-state index contributed by atoms with van der Waals surface area (Å²) in [5, 5.41) is 3.41. The molecule has 0 amide bonds. The van der Waals surface area contributed by atoms with Crippen LogP contribution >= 0.6 is 0 Å². The average Bonchev–Trinajstić information content (AvgIpc) is 2.72. The Hall–Kier alpha value is -1.55. The van der Waals surface area contributed by atoms with Crippen molar-refractivity contribution in [2.45, 2.75) is 24.8 Å². The lowest BCUT2D eigenvalue weighted by Crippen LogP contribution is -2.52. The van der Waals surface area contributed by atoms with Crippen molar-refractivity contribution in [3.8, 4) is 0 Å². The molecule has 0 saturated heterocycles. The topological polar surface area (TPSA) is 55.3 Å². The van der Waals surface area contributed by atoms with Crippen LogP contribution in [0.5, 0.6) is 0 Å². The summed E-state index contributed by atoms with van der Waals surface area (Å²) in [6.45, 7) is 0.838. The van der Waals surface area contributed by atoms with Gasteiger partial charge in [-0.2, -0.15) is 0 Å². The molecule has 0 radical (unpaired) electrons. The van der Waals surface area contributed by atoms with Crippen molar-refractivity contribution in [1.82, 2.24) is 9.38 Å². The highest BCUT2D eigenvalue weighted by molar-refractivity contribution is 5.50. The van der Waals surface area contributed by atoms with Crippen LogP contribution in [0.4, 0.5) is 5.82 Å². The van der Waals surface area contributed by atoms with Crippen molar-refractivity contribution in [1.29, 1.82) is 0 Å². The first-order chi connectivity index (χ1) is 7.77. The van der Waals surface area contributed by atoms with Crippen LogP contribution < -0.4 is 11.1 Å². The molecular weight excluding hydrogens is 200 g/mol. The van der Waals surface area contributed by atoms with E-state index in [0.717, 1.165) is 30.9 Å². The van der Waals surface area contributed by atoms with Gasteiger partial charge in [-0.1, -0.05) is 6.07 Å². The summed E-state index contributed by atoms with van der Waals surface area (Å²) in [5.74, 6) is 1.06. The van der Waals surface area contributed by atoms with Crippen LogP contribution in [0.2, 0.25) is 0 Å². The van der Waals surface area contributed by atoms with E-state index in [0.29, 0.717) is 0 Å². The number of rotatable bonds is 3. The van der Waals surface area contributed by atoms with E-state index < -0.39 is 0 Å². The fraction of sp³-hybridized carbons (Fsp3) is 0.417. The molecule has 0 atom stereocenters. The summed E-state index contributed by atoms with van der Waals surface area (Å²) < 4.78 is 2.04. The molecule has 1 fully saturated rings. The molecule has 2 aromatic rings. The molecule has 1 aliphatic rings. The Kier molecular flexibility index (Phi) is 2.11. The van der Waals surface area contributed by atoms with E-state index in [1.54, 1.807) is 0 Å². The van der Waals surface area contributed by atoms with E-state index in [-0.39, 0.29) is 5.54 Å². The van der Waals surface area contributed by atoms with Crippen LogP contribution in [0.15, 0.2) is 30.6 Å². The Bertz CT molecular complexity index is 498. The molecule has 1 aliphatic carbocycles. The number of hydrogen-bond donors (Lipinski definition) is 2. The molecular formula is C12H16N4. The lowest BCUT2D eigenvalue weighted by Gasteiger charge is -2.38. The molecule has 4 heteroatoms. The van der Waals surface area contributed by atoms with E-state index in [1.807, 2.05) is 28.9 Å². The molecule has 0 bridgehead atoms. The van der Waals surface area contributed by atoms with Crippen LogP contribution in [0.25, 0.3) is 5.65 Å². The normalized spacial score (nSPS) is 18.3. The van der Waals surface area contributed by atoms with Gasteiger partial charge < -0.3 is 11.1 Å². The monoisotopic (exact) mass is 216 g/mol. The Balaban J connectivity index is 1.81. The fourth-order valence-electron chi connectivity index (χ4n) is 2.17. The average molecular weight is 216 g/mol. The molecule has 0 aromatic carbocycles. The van der Waals surface area contributed by atoms with Crippen molar-refractivity contribution in [2.75, 3.05) is 11.9 Å². The number of nitrogens with zero attached hydrogens (tertiary/aromatic N) is 2. The van der Waals surface area contributed by atoms with E-state index in [1.165, 1.54) is 6.42 Å². The Morgan fingerprint density at radius 1 is 1.44 bits per heavy atom. The molecule has 4 nitrogen and oxygen atoms in total. The minimum atomic E-state index is 0.00272. The van der Waals surface area contributed by atoms with Crippen molar-refractivity contribution in [3.63, 3.8) is 0 Å². The molecule has 0 unspecified atom stereocenters. The standard InChI is InChI=1S/C12H16N4/c13-12(5-2-6-12)9-15-11-4-1-3-10-14-7-8-16(10)11/h1,3-4,7-8,15H,2,5-6,9,13H2. The second-order valence-corrected chi connectivity index (χ2v) is 4.64. The van der Waals surface area contributed by atoms with E-state index in [2.05, 4.69) is 16.4 Å². The summed E-state index contributed by atoms with van der Waals surface area (Å²) in [6.07, 6.45) is 7.27. The smallest absolute Gasteiger partial charge is 0.138 e. The predicted octanol–water partition coefficient (Wildman–Crippen LogP) is 1.63. The van der Waals surface area contributed by atoms with Gasteiger partial charge in [0.15, 0.2) is 0 Å². The number of imidazole rings is 1. The molecule has 2 heterocycles. The fourth-order valence-corrected chi connectivity index (χ4v) is 2.17. The third-order valence-electron chi connectivity index (χ3n) is 3.40. The lowest BCUT2D eigenvalue weighted by atomic mass is 9.78. The zero-order valence-electron chi connectivity index (χ0n) is 9.19. The lowest BCUT2D eigenvalue weighted by molar-refractivity contribution is 0.265. The third kappa shape index (κ3) is 1.55. The highest BCUT2D eigenvalue weighted by atomic mass is 15.1. The van der Waals surface area contributed by atoms with Crippen LogP contribution in [0.1, 0.15) is 19.3 Å². The maximum atomic E-state index is 6.18. The highest BCUT2D eigenvalue weighted by Crippen LogP contribution is 2.29. The number of nitrogens with one attached hydrogen (secondary N) is 1. The minimum Gasteiger partial charge on any atom is -0.369 e. The number of fused-ring (bicyclic) bond motifs is 1. The van der Waals surface area contributed by atoms with Crippen molar-refractivity contribution in [3.05, 3.63) is 30.6 Å². The molecule has 2 aromatic heterocycles. The maximum Gasteiger partial charge on any atom is 0.138 e. The minimum absolute atomic E-state index is 0.00272. The Labute approximate surface area is 94.5 Å². The summed E-state index contributed by atoms with van der Waals surface area (Å²) >= 11 is 0. The molecule has 1 saturated carbocycles. The van der Waals surface area contributed by atoms with Gasteiger partial charge in [0, 0.05) is 24.5 Å². The number of aromatic nitrogens is 2. The molecule has 0 spiro atoms. The second-order valence-electron chi connectivity index (χ2n) is 4.64. The van der Waals surface area contributed by atoms with Crippen molar-refractivity contribution in [2.24, 2.45) is 5.73 Å². The highest BCUT2D eigenvalue weighted by Gasteiger charge is 2.32. The van der Waals surface area contributed by atoms with E-state index in [4.69, 9.17) is 5.73 Å². The third-order valence-corrected chi connectivity index (χ3v) is 3.40. The van der Waals surface area contributed by atoms with Crippen LogP contribution in [-0.4, -0.2) is 21.5 Å². The van der Waals surface area contributed by atoms with Gasteiger partial charge in [-0.05, 0) is 31.4 Å². The number of anilines is 1. The van der Waals surface area contributed by atoms with E-state index in [9.17, 15) is 0 Å². The summed E-state index contributed by atoms with van der Waals surface area (Å²) in [6, 6.07) is 6.05. The van der Waals surface area contributed by atoms with Gasteiger partial charge in [0.1, 0.15) is 11.5 Å². The summed E-state index contributed by atoms with van der Waals surface area (Å²) in [7, 11) is 0. The van der Waals surface area contributed by atoms with E-state index >= 15 is 0 Å². The molecule has 0 aliphatic heterocycles. The first-order valence-electron chi connectivity index (χ1n) is 5.72. The zero-order valence-corrected chi connectivity index (χ0v) is 9.19. The van der Waals surface area contributed by atoms with Gasteiger partial charge in [-0.15, -0.1) is 0 Å². The van der Waals surface area contributed by atoms with Gasteiger partial charge in [0.05, 0.1) is 0 Å². The van der Waals surface area contributed by atoms with Gasteiger partial charge in [-0.25, -0.2) is 4.98 Å². The number of hydrogen-bond acceptors (Lipinski definition) is 3. The Morgan fingerprint density at radius 2 is 2.31 bits per heavy atom. The van der Waals surface area contributed by atoms with Crippen molar-refractivity contribution < 1.29 is 0 Å². The van der Waals surface area contributed by atoms with Crippen LogP contribution in [0, 0.1) is 0 Å². The van der Waals surface area contributed by atoms with Gasteiger partial charge in [0.25, 0.3) is 0 Å². The van der Waals surface area contributed by atoms with Crippen molar-refractivity contribution >= 4 is 11.5 Å². The molecule has 3 rings (SSSR count). The molecule has 84 valence electrons. The SMILES string of the molecule is NC1(CNc2cccc3nccn23)CCC1. The second kappa shape index (κ2) is 3.49. The Morgan fingerprint density at radius 3 is 3.06 bits per heavy atom.